The topological polar surface area (TPSA) is 52.2 Å². The minimum Gasteiger partial charge on any atom is -0.329 e. The minimum atomic E-state index is 0.0423. The third kappa shape index (κ3) is 2.44. The van der Waals surface area contributed by atoms with Crippen molar-refractivity contribution in [3.8, 4) is 0 Å². The summed E-state index contributed by atoms with van der Waals surface area (Å²) in [6.45, 7) is 2.49. The number of hydrogen-bond acceptors (Lipinski definition) is 3. The van der Waals surface area contributed by atoms with Crippen molar-refractivity contribution in [3.63, 3.8) is 0 Å². The molecule has 0 bridgehead atoms. The molecule has 5 nitrogen and oxygen atoms in total. The van der Waals surface area contributed by atoms with Gasteiger partial charge in [0.25, 0.3) is 5.91 Å². The predicted molar refractivity (Wildman–Crippen MR) is 76.3 cm³/mol. The molecular formula is C15H18N4O. The Morgan fingerprint density at radius 1 is 1.30 bits per heavy atom. The molecule has 1 saturated heterocycles. The van der Waals surface area contributed by atoms with E-state index in [1.165, 1.54) is 5.56 Å². The molecule has 5 heteroatoms. The van der Waals surface area contributed by atoms with Gasteiger partial charge >= 0.3 is 0 Å². The van der Waals surface area contributed by atoms with Crippen LogP contribution in [0.1, 0.15) is 22.0 Å². The fourth-order valence-electron chi connectivity index (χ4n) is 2.66. The van der Waals surface area contributed by atoms with E-state index < -0.39 is 0 Å². The van der Waals surface area contributed by atoms with Crippen LogP contribution >= 0.6 is 0 Å². The molecule has 1 aromatic heterocycles. The fourth-order valence-corrected chi connectivity index (χ4v) is 2.66. The molecule has 0 radical (unpaired) electrons. The number of aromatic amines is 1. The van der Waals surface area contributed by atoms with Crippen LogP contribution in [0.5, 0.6) is 0 Å². The third-order valence-electron chi connectivity index (χ3n) is 3.77. The molecule has 104 valence electrons. The molecule has 0 saturated carbocycles. The second kappa shape index (κ2) is 5.46. The van der Waals surface area contributed by atoms with E-state index in [4.69, 9.17) is 0 Å². The Hall–Kier alpha value is -2.14. The second-order valence-corrected chi connectivity index (χ2v) is 5.17. The first-order chi connectivity index (χ1) is 9.75. The number of nitrogens with zero attached hydrogens (tertiary/aromatic N) is 3. The van der Waals surface area contributed by atoms with Gasteiger partial charge in [-0.3, -0.25) is 9.89 Å². The van der Waals surface area contributed by atoms with E-state index in [1.54, 1.807) is 12.4 Å². The van der Waals surface area contributed by atoms with Crippen molar-refractivity contribution in [2.75, 3.05) is 26.7 Å². The van der Waals surface area contributed by atoms with Gasteiger partial charge in [-0.25, -0.2) is 0 Å². The van der Waals surface area contributed by atoms with E-state index in [0.717, 1.165) is 19.6 Å². The summed E-state index contributed by atoms with van der Waals surface area (Å²) < 4.78 is 0. The highest BCUT2D eigenvalue weighted by atomic mass is 16.2. The van der Waals surface area contributed by atoms with Crippen LogP contribution in [0.2, 0.25) is 0 Å². The summed E-state index contributed by atoms with van der Waals surface area (Å²) >= 11 is 0. The average Bonchev–Trinajstić information content (AvgIpc) is 3.02. The van der Waals surface area contributed by atoms with Crippen LogP contribution in [0.3, 0.4) is 0 Å². The highest BCUT2D eigenvalue weighted by molar-refractivity contribution is 5.94. The van der Waals surface area contributed by atoms with Crippen LogP contribution in [0.15, 0.2) is 42.7 Å². The van der Waals surface area contributed by atoms with Gasteiger partial charge in [-0.15, -0.1) is 0 Å². The molecule has 3 rings (SSSR count). The second-order valence-electron chi connectivity index (χ2n) is 5.17. The molecular weight excluding hydrogens is 252 g/mol. The molecule has 1 aliphatic rings. The molecule has 1 fully saturated rings. The monoisotopic (exact) mass is 270 g/mol. The number of carbonyl (C=O) groups excluding carboxylic acids is 1. The predicted octanol–water partition coefficient (Wildman–Crippen LogP) is 1.54. The van der Waals surface area contributed by atoms with Crippen molar-refractivity contribution in [3.05, 3.63) is 53.9 Å². The maximum absolute atomic E-state index is 12.6. The fraction of sp³-hybridized carbons (Fsp3) is 0.333. The standard InChI is InChI=1S/C15H18N4O/c1-18-7-8-19(15(20)13-9-16-17-10-13)14(11-18)12-5-3-2-4-6-12/h2-6,9-10,14H,7-8,11H2,1H3,(H,16,17). The molecule has 0 aliphatic carbocycles. The number of nitrogens with one attached hydrogen (secondary N) is 1. The molecule has 1 aromatic carbocycles. The summed E-state index contributed by atoms with van der Waals surface area (Å²) in [5, 5.41) is 6.57. The van der Waals surface area contributed by atoms with E-state index in [2.05, 4.69) is 34.3 Å². The van der Waals surface area contributed by atoms with Crippen LogP contribution in [-0.4, -0.2) is 52.6 Å². The van der Waals surface area contributed by atoms with E-state index in [0.29, 0.717) is 5.56 Å². The maximum atomic E-state index is 12.6. The van der Waals surface area contributed by atoms with Crippen LogP contribution in [0.4, 0.5) is 0 Å². The van der Waals surface area contributed by atoms with Gasteiger partial charge in [0.1, 0.15) is 0 Å². The number of benzene rings is 1. The first-order valence-corrected chi connectivity index (χ1v) is 6.79. The normalized spacial score (nSPS) is 20.1. The van der Waals surface area contributed by atoms with Crippen LogP contribution < -0.4 is 0 Å². The lowest BCUT2D eigenvalue weighted by molar-refractivity contribution is 0.0498. The zero-order valence-corrected chi connectivity index (χ0v) is 11.5. The Morgan fingerprint density at radius 3 is 2.80 bits per heavy atom. The van der Waals surface area contributed by atoms with Crippen molar-refractivity contribution in [2.24, 2.45) is 0 Å². The number of aromatic nitrogens is 2. The molecule has 0 spiro atoms. The van der Waals surface area contributed by atoms with E-state index in [9.17, 15) is 4.79 Å². The molecule has 2 heterocycles. The molecule has 2 aromatic rings. The van der Waals surface area contributed by atoms with E-state index in [-0.39, 0.29) is 11.9 Å². The molecule has 1 aliphatic heterocycles. The van der Waals surface area contributed by atoms with Crippen LogP contribution in [-0.2, 0) is 0 Å². The summed E-state index contributed by atoms with van der Waals surface area (Å²) in [5.74, 6) is 0.0423. The Kier molecular flexibility index (Phi) is 3.52. The summed E-state index contributed by atoms with van der Waals surface area (Å²) in [4.78, 5) is 16.8. The molecule has 1 N–H and O–H groups in total. The Balaban J connectivity index is 1.89. The lowest BCUT2D eigenvalue weighted by atomic mass is 10.0. The summed E-state index contributed by atoms with van der Waals surface area (Å²) in [6, 6.07) is 10.3. The quantitative estimate of drug-likeness (QED) is 0.900. The van der Waals surface area contributed by atoms with Gasteiger partial charge in [0.15, 0.2) is 0 Å². The first kappa shape index (κ1) is 12.9. The van der Waals surface area contributed by atoms with Crippen molar-refractivity contribution < 1.29 is 4.79 Å². The Morgan fingerprint density at radius 2 is 2.10 bits per heavy atom. The SMILES string of the molecule is CN1CCN(C(=O)c2cn[nH]c2)C(c2ccccc2)C1. The van der Waals surface area contributed by atoms with Crippen molar-refractivity contribution in [1.29, 1.82) is 0 Å². The Labute approximate surface area is 118 Å². The van der Waals surface area contributed by atoms with Gasteiger partial charge < -0.3 is 9.80 Å². The van der Waals surface area contributed by atoms with Gasteiger partial charge in [-0.1, -0.05) is 30.3 Å². The number of likely N-dealkylation sites (N-methyl/N-ethyl adjacent to an activating group) is 1. The van der Waals surface area contributed by atoms with E-state index >= 15 is 0 Å². The number of H-pyrrole nitrogens is 1. The average molecular weight is 270 g/mol. The van der Waals surface area contributed by atoms with Crippen molar-refractivity contribution >= 4 is 5.91 Å². The summed E-state index contributed by atoms with van der Waals surface area (Å²) in [5.41, 5.74) is 1.80. The minimum absolute atomic E-state index is 0.0423. The number of hydrogen-bond donors (Lipinski definition) is 1. The molecule has 1 amide bonds. The summed E-state index contributed by atoms with van der Waals surface area (Å²) in [7, 11) is 2.09. The number of piperazine rings is 1. The highest BCUT2D eigenvalue weighted by Gasteiger charge is 2.30. The van der Waals surface area contributed by atoms with Gasteiger partial charge in [-0.05, 0) is 12.6 Å². The Bertz CT molecular complexity index is 567. The number of carbonyl (C=O) groups is 1. The van der Waals surface area contributed by atoms with E-state index in [1.807, 2.05) is 23.1 Å². The van der Waals surface area contributed by atoms with Crippen LogP contribution in [0, 0.1) is 0 Å². The van der Waals surface area contributed by atoms with Gasteiger partial charge in [0.05, 0.1) is 17.8 Å². The smallest absolute Gasteiger partial charge is 0.257 e. The summed E-state index contributed by atoms with van der Waals surface area (Å²) in [6.07, 6.45) is 3.24. The van der Waals surface area contributed by atoms with Crippen molar-refractivity contribution in [1.82, 2.24) is 20.0 Å². The number of amides is 1. The zero-order valence-electron chi connectivity index (χ0n) is 11.5. The van der Waals surface area contributed by atoms with Gasteiger partial charge in [0.2, 0.25) is 0 Å². The number of rotatable bonds is 2. The molecule has 20 heavy (non-hydrogen) atoms. The van der Waals surface area contributed by atoms with Crippen molar-refractivity contribution in [2.45, 2.75) is 6.04 Å². The molecule has 1 unspecified atom stereocenters. The van der Waals surface area contributed by atoms with Gasteiger partial charge in [-0.2, -0.15) is 5.10 Å². The largest absolute Gasteiger partial charge is 0.329 e. The zero-order chi connectivity index (χ0) is 13.9. The lowest BCUT2D eigenvalue weighted by Crippen LogP contribution is -2.49. The first-order valence-electron chi connectivity index (χ1n) is 6.79. The third-order valence-corrected chi connectivity index (χ3v) is 3.77. The molecule has 1 atom stereocenters. The lowest BCUT2D eigenvalue weighted by Gasteiger charge is -2.40. The maximum Gasteiger partial charge on any atom is 0.257 e. The van der Waals surface area contributed by atoms with Gasteiger partial charge in [0, 0.05) is 25.8 Å². The highest BCUT2D eigenvalue weighted by Crippen LogP contribution is 2.26. The van der Waals surface area contributed by atoms with Crippen LogP contribution in [0.25, 0.3) is 0 Å².